The third kappa shape index (κ3) is 4.84. The van der Waals surface area contributed by atoms with Crippen molar-refractivity contribution in [2.75, 3.05) is 0 Å². The van der Waals surface area contributed by atoms with Crippen LogP contribution in [0.15, 0.2) is 71.8 Å². The first-order valence-corrected chi connectivity index (χ1v) is 10.4. The van der Waals surface area contributed by atoms with Crippen LogP contribution in [0.2, 0.25) is 0 Å². The fourth-order valence-corrected chi connectivity index (χ4v) is 4.20. The van der Waals surface area contributed by atoms with Crippen LogP contribution in [0.25, 0.3) is 0 Å². The lowest BCUT2D eigenvalue weighted by atomic mass is 9.92. The van der Waals surface area contributed by atoms with E-state index in [2.05, 4.69) is 9.82 Å². The van der Waals surface area contributed by atoms with Gasteiger partial charge in [-0.3, -0.25) is 4.68 Å². The first-order chi connectivity index (χ1) is 12.8. The number of sulfonamides is 1. The number of benzene rings is 2. The van der Waals surface area contributed by atoms with E-state index >= 15 is 0 Å². The first-order valence-electron chi connectivity index (χ1n) is 8.91. The Hall–Kier alpha value is -2.44. The van der Waals surface area contributed by atoms with Crippen LogP contribution in [0, 0.1) is 0 Å². The van der Waals surface area contributed by atoms with E-state index in [1.807, 2.05) is 81.4 Å². The van der Waals surface area contributed by atoms with Gasteiger partial charge in [0.2, 0.25) is 10.0 Å². The maximum Gasteiger partial charge on any atom is 0.244 e. The molecule has 1 aromatic heterocycles. The molecule has 2 aromatic carbocycles. The van der Waals surface area contributed by atoms with Crippen molar-refractivity contribution in [2.24, 2.45) is 0 Å². The van der Waals surface area contributed by atoms with Gasteiger partial charge in [-0.1, -0.05) is 81.4 Å². The number of hydrogen-bond acceptors (Lipinski definition) is 3. The van der Waals surface area contributed by atoms with Crippen molar-refractivity contribution in [2.45, 2.75) is 44.2 Å². The topological polar surface area (TPSA) is 64.0 Å². The Morgan fingerprint density at radius 2 is 1.48 bits per heavy atom. The van der Waals surface area contributed by atoms with Crippen LogP contribution in [-0.4, -0.2) is 18.2 Å². The van der Waals surface area contributed by atoms with Crippen molar-refractivity contribution in [1.29, 1.82) is 0 Å². The molecule has 0 unspecified atom stereocenters. The molecule has 0 amide bonds. The van der Waals surface area contributed by atoms with Crippen LogP contribution in [0.1, 0.15) is 37.6 Å². The summed E-state index contributed by atoms with van der Waals surface area (Å²) in [5.41, 5.74) is 2.16. The molecular weight excluding hydrogens is 358 g/mol. The Labute approximate surface area is 161 Å². The number of rotatable bonds is 6. The molecule has 27 heavy (non-hydrogen) atoms. The van der Waals surface area contributed by atoms with Gasteiger partial charge >= 0.3 is 0 Å². The molecule has 3 rings (SSSR count). The minimum absolute atomic E-state index is 0.238. The van der Waals surface area contributed by atoms with E-state index in [1.54, 1.807) is 10.9 Å². The maximum atomic E-state index is 13.0. The van der Waals surface area contributed by atoms with Crippen molar-refractivity contribution in [1.82, 2.24) is 14.5 Å². The van der Waals surface area contributed by atoms with E-state index in [4.69, 9.17) is 0 Å². The SMILES string of the molecule is CC(C)(C)c1nn(Cc2ccccc2)cc1S(=O)(=O)NCc1ccccc1. The standard InChI is InChI=1S/C21H25N3O2S/c1-21(2,3)20-19(16-24(23-20)15-18-12-8-5-9-13-18)27(25,26)22-14-17-10-6-4-7-11-17/h4-13,16,22H,14-15H2,1-3H3. The summed E-state index contributed by atoms with van der Waals surface area (Å²) in [6.45, 7) is 6.68. The van der Waals surface area contributed by atoms with Gasteiger partial charge in [0.15, 0.2) is 0 Å². The van der Waals surface area contributed by atoms with Gasteiger partial charge in [-0.15, -0.1) is 0 Å². The van der Waals surface area contributed by atoms with Crippen molar-refractivity contribution in [3.05, 3.63) is 83.7 Å². The summed E-state index contributed by atoms with van der Waals surface area (Å²) in [5, 5.41) is 4.60. The summed E-state index contributed by atoms with van der Waals surface area (Å²) in [5.74, 6) is 0. The molecule has 5 nitrogen and oxygen atoms in total. The zero-order valence-electron chi connectivity index (χ0n) is 15.9. The van der Waals surface area contributed by atoms with Crippen LogP contribution < -0.4 is 4.72 Å². The normalized spacial score (nSPS) is 12.3. The minimum Gasteiger partial charge on any atom is -0.267 e. The van der Waals surface area contributed by atoms with Crippen molar-refractivity contribution >= 4 is 10.0 Å². The Balaban J connectivity index is 1.90. The molecule has 0 saturated heterocycles. The van der Waals surface area contributed by atoms with E-state index in [-0.39, 0.29) is 11.4 Å². The quantitative estimate of drug-likeness (QED) is 0.706. The fraction of sp³-hybridized carbons (Fsp3) is 0.286. The predicted molar refractivity (Wildman–Crippen MR) is 107 cm³/mol. The van der Waals surface area contributed by atoms with Crippen LogP contribution in [0.5, 0.6) is 0 Å². The Kier molecular flexibility index (Phi) is 5.48. The summed E-state index contributed by atoms with van der Waals surface area (Å²) in [6.07, 6.45) is 1.63. The lowest BCUT2D eigenvalue weighted by molar-refractivity contribution is 0.531. The second-order valence-electron chi connectivity index (χ2n) is 7.59. The number of aromatic nitrogens is 2. The zero-order valence-corrected chi connectivity index (χ0v) is 16.7. The van der Waals surface area contributed by atoms with E-state index in [0.717, 1.165) is 11.1 Å². The highest BCUT2D eigenvalue weighted by Gasteiger charge is 2.29. The molecule has 0 aliphatic rings. The van der Waals surface area contributed by atoms with Crippen LogP contribution >= 0.6 is 0 Å². The van der Waals surface area contributed by atoms with Gasteiger partial charge < -0.3 is 0 Å². The Morgan fingerprint density at radius 1 is 0.926 bits per heavy atom. The summed E-state index contributed by atoms with van der Waals surface area (Å²) < 4.78 is 30.4. The smallest absolute Gasteiger partial charge is 0.244 e. The summed E-state index contributed by atoms with van der Waals surface area (Å²) in [6, 6.07) is 19.4. The van der Waals surface area contributed by atoms with Gasteiger partial charge in [0.25, 0.3) is 0 Å². The molecule has 0 atom stereocenters. The number of hydrogen-bond donors (Lipinski definition) is 1. The Bertz CT molecular complexity index is 989. The molecule has 0 radical (unpaired) electrons. The third-order valence-electron chi connectivity index (χ3n) is 4.22. The molecule has 0 aliphatic heterocycles. The maximum absolute atomic E-state index is 13.0. The van der Waals surface area contributed by atoms with Gasteiger partial charge in [0, 0.05) is 18.2 Å². The van der Waals surface area contributed by atoms with E-state index in [9.17, 15) is 8.42 Å². The molecule has 0 fully saturated rings. The largest absolute Gasteiger partial charge is 0.267 e. The second kappa shape index (κ2) is 7.66. The van der Waals surface area contributed by atoms with Gasteiger partial charge in [-0.2, -0.15) is 5.10 Å². The van der Waals surface area contributed by atoms with E-state index < -0.39 is 15.4 Å². The molecule has 6 heteroatoms. The predicted octanol–water partition coefficient (Wildman–Crippen LogP) is 3.71. The highest BCUT2D eigenvalue weighted by molar-refractivity contribution is 7.89. The van der Waals surface area contributed by atoms with Crippen molar-refractivity contribution < 1.29 is 8.42 Å². The summed E-state index contributed by atoms with van der Waals surface area (Å²) in [4.78, 5) is 0.238. The highest BCUT2D eigenvalue weighted by Crippen LogP contribution is 2.28. The first kappa shape index (κ1) is 19.3. The molecule has 0 spiro atoms. The summed E-state index contributed by atoms with van der Waals surface area (Å²) in [7, 11) is -3.68. The van der Waals surface area contributed by atoms with Gasteiger partial charge in [0.1, 0.15) is 4.90 Å². The summed E-state index contributed by atoms with van der Waals surface area (Å²) >= 11 is 0. The lowest BCUT2D eigenvalue weighted by Gasteiger charge is -2.17. The van der Waals surface area contributed by atoms with Crippen LogP contribution in [-0.2, 0) is 28.5 Å². The third-order valence-corrected chi connectivity index (χ3v) is 5.63. The highest BCUT2D eigenvalue weighted by atomic mass is 32.2. The van der Waals surface area contributed by atoms with Gasteiger partial charge in [-0.05, 0) is 11.1 Å². The molecule has 142 valence electrons. The van der Waals surface area contributed by atoms with Crippen molar-refractivity contribution in [3.63, 3.8) is 0 Å². The van der Waals surface area contributed by atoms with Crippen LogP contribution in [0.3, 0.4) is 0 Å². The van der Waals surface area contributed by atoms with Crippen LogP contribution in [0.4, 0.5) is 0 Å². The molecule has 0 bridgehead atoms. The molecule has 1 heterocycles. The van der Waals surface area contributed by atoms with Crippen molar-refractivity contribution in [3.8, 4) is 0 Å². The number of nitrogens with one attached hydrogen (secondary N) is 1. The molecule has 0 aliphatic carbocycles. The fourth-order valence-electron chi connectivity index (χ4n) is 2.82. The van der Waals surface area contributed by atoms with E-state index in [0.29, 0.717) is 12.2 Å². The molecule has 3 aromatic rings. The minimum atomic E-state index is -3.68. The van der Waals surface area contributed by atoms with Gasteiger partial charge in [-0.25, -0.2) is 13.1 Å². The second-order valence-corrected chi connectivity index (χ2v) is 9.32. The van der Waals surface area contributed by atoms with E-state index in [1.165, 1.54) is 0 Å². The molecular formula is C21H25N3O2S. The lowest BCUT2D eigenvalue weighted by Crippen LogP contribution is -2.26. The average Bonchev–Trinajstić information content (AvgIpc) is 3.07. The average molecular weight is 384 g/mol. The monoisotopic (exact) mass is 383 g/mol. The zero-order chi connectivity index (χ0) is 19.5. The molecule has 0 saturated carbocycles. The Morgan fingerprint density at radius 3 is 2.04 bits per heavy atom. The number of nitrogens with zero attached hydrogens (tertiary/aromatic N) is 2. The molecule has 1 N–H and O–H groups in total. The van der Waals surface area contributed by atoms with Gasteiger partial charge in [0.05, 0.1) is 12.2 Å².